The van der Waals surface area contributed by atoms with E-state index < -0.39 is 0 Å². The van der Waals surface area contributed by atoms with E-state index in [0.29, 0.717) is 12.2 Å². The van der Waals surface area contributed by atoms with E-state index in [1.54, 1.807) is 19.3 Å². The minimum atomic E-state index is -0.217. The van der Waals surface area contributed by atoms with Crippen molar-refractivity contribution in [2.75, 3.05) is 49.6 Å². The standard InChI is InChI=1S/C19H23N5O2/c1-3-8-20-19(25)17-13-18(22-14-21-17)24-11-9-23(10-12-24)15-4-6-16(26-2)7-5-15/h3-7,13-14H,1,8-12H2,2H3,(H,20,25). The third-order valence-corrected chi connectivity index (χ3v) is 4.33. The summed E-state index contributed by atoms with van der Waals surface area (Å²) in [6.07, 6.45) is 3.08. The molecule has 7 heteroatoms. The van der Waals surface area contributed by atoms with Crippen LogP contribution in [-0.4, -0.2) is 55.7 Å². The highest BCUT2D eigenvalue weighted by molar-refractivity contribution is 5.92. The van der Waals surface area contributed by atoms with Crippen LogP contribution >= 0.6 is 0 Å². The smallest absolute Gasteiger partial charge is 0.270 e. The lowest BCUT2D eigenvalue weighted by atomic mass is 10.2. The number of carbonyl (C=O) groups is 1. The van der Waals surface area contributed by atoms with Crippen molar-refractivity contribution < 1.29 is 9.53 Å². The summed E-state index contributed by atoms with van der Waals surface area (Å²) < 4.78 is 5.21. The van der Waals surface area contributed by atoms with Gasteiger partial charge in [-0.05, 0) is 24.3 Å². The Balaban J connectivity index is 1.62. The molecule has 1 fully saturated rings. The van der Waals surface area contributed by atoms with E-state index in [1.165, 1.54) is 12.0 Å². The van der Waals surface area contributed by atoms with Gasteiger partial charge < -0.3 is 19.9 Å². The average Bonchev–Trinajstić information content (AvgIpc) is 2.72. The monoisotopic (exact) mass is 353 g/mol. The molecule has 1 amide bonds. The number of piperazine rings is 1. The Morgan fingerprint density at radius 3 is 2.54 bits per heavy atom. The highest BCUT2D eigenvalue weighted by Crippen LogP contribution is 2.22. The van der Waals surface area contributed by atoms with Crippen molar-refractivity contribution in [3.05, 3.63) is 55.0 Å². The number of aromatic nitrogens is 2. The normalized spacial score (nSPS) is 14.0. The molecule has 0 saturated carbocycles. The van der Waals surface area contributed by atoms with Gasteiger partial charge in [-0.15, -0.1) is 6.58 Å². The molecule has 136 valence electrons. The molecule has 1 N–H and O–H groups in total. The molecule has 0 atom stereocenters. The van der Waals surface area contributed by atoms with Crippen molar-refractivity contribution in [3.63, 3.8) is 0 Å². The number of rotatable bonds is 6. The molecule has 0 aliphatic carbocycles. The van der Waals surface area contributed by atoms with E-state index in [-0.39, 0.29) is 5.91 Å². The predicted octanol–water partition coefficient (Wildman–Crippen LogP) is 1.73. The van der Waals surface area contributed by atoms with Gasteiger partial charge in [-0.2, -0.15) is 0 Å². The first-order valence-electron chi connectivity index (χ1n) is 8.56. The van der Waals surface area contributed by atoms with Crippen molar-refractivity contribution in [2.24, 2.45) is 0 Å². The molecule has 1 aliphatic heterocycles. The fourth-order valence-corrected chi connectivity index (χ4v) is 2.89. The maximum atomic E-state index is 12.0. The summed E-state index contributed by atoms with van der Waals surface area (Å²) in [6.45, 7) is 7.43. The topological polar surface area (TPSA) is 70.6 Å². The number of carbonyl (C=O) groups excluding carboxylic acids is 1. The first-order valence-corrected chi connectivity index (χ1v) is 8.56. The SMILES string of the molecule is C=CCNC(=O)c1cc(N2CCN(c3ccc(OC)cc3)CC2)ncn1. The predicted molar refractivity (Wildman–Crippen MR) is 102 cm³/mol. The van der Waals surface area contributed by atoms with Crippen LogP contribution in [0.25, 0.3) is 0 Å². The minimum absolute atomic E-state index is 0.217. The quantitative estimate of drug-likeness (QED) is 0.798. The van der Waals surface area contributed by atoms with Crippen molar-refractivity contribution in [1.82, 2.24) is 15.3 Å². The molecular formula is C19H23N5O2. The Hall–Kier alpha value is -3.09. The van der Waals surface area contributed by atoms with Crippen molar-refractivity contribution in [2.45, 2.75) is 0 Å². The lowest BCUT2D eigenvalue weighted by molar-refractivity contribution is 0.0953. The summed E-state index contributed by atoms with van der Waals surface area (Å²) in [4.78, 5) is 24.9. The molecule has 0 radical (unpaired) electrons. The Bertz CT molecular complexity index is 755. The molecule has 2 aromatic rings. The van der Waals surface area contributed by atoms with Gasteiger partial charge in [0.25, 0.3) is 5.91 Å². The number of hydrogen-bond donors (Lipinski definition) is 1. The van der Waals surface area contributed by atoms with Crippen LogP contribution in [-0.2, 0) is 0 Å². The second-order valence-electron chi connectivity index (χ2n) is 5.93. The van der Waals surface area contributed by atoms with Gasteiger partial charge in [-0.25, -0.2) is 9.97 Å². The molecule has 0 unspecified atom stereocenters. The summed E-state index contributed by atoms with van der Waals surface area (Å²) in [5.74, 6) is 1.42. The number of benzene rings is 1. The van der Waals surface area contributed by atoms with E-state index in [9.17, 15) is 4.79 Å². The Morgan fingerprint density at radius 1 is 1.19 bits per heavy atom. The van der Waals surface area contributed by atoms with Gasteiger partial charge >= 0.3 is 0 Å². The van der Waals surface area contributed by atoms with Gasteiger partial charge in [0.15, 0.2) is 0 Å². The first-order chi connectivity index (χ1) is 12.7. The van der Waals surface area contributed by atoms with Crippen molar-refractivity contribution in [1.29, 1.82) is 0 Å². The Kier molecular flexibility index (Phi) is 5.68. The Labute approximate surface area is 153 Å². The number of methoxy groups -OCH3 is 1. The summed E-state index contributed by atoms with van der Waals surface area (Å²) >= 11 is 0. The lowest BCUT2D eigenvalue weighted by Gasteiger charge is -2.36. The van der Waals surface area contributed by atoms with Crippen LogP contribution in [0.3, 0.4) is 0 Å². The number of nitrogens with zero attached hydrogens (tertiary/aromatic N) is 4. The molecule has 0 spiro atoms. The minimum Gasteiger partial charge on any atom is -0.497 e. The van der Waals surface area contributed by atoms with E-state index in [1.807, 2.05) is 12.1 Å². The van der Waals surface area contributed by atoms with Crippen LogP contribution in [0.4, 0.5) is 11.5 Å². The fourth-order valence-electron chi connectivity index (χ4n) is 2.89. The number of amides is 1. The van der Waals surface area contributed by atoms with Gasteiger partial charge in [-0.3, -0.25) is 4.79 Å². The zero-order chi connectivity index (χ0) is 18.4. The van der Waals surface area contributed by atoms with Crippen molar-refractivity contribution >= 4 is 17.4 Å². The zero-order valence-corrected chi connectivity index (χ0v) is 14.9. The van der Waals surface area contributed by atoms with Crippen LogP contribution in [0.1, 0.15) is 10.5 Å². The van der Waals surface area contributed by atoms with Gasteiger partial charge in [-0.1, -0.05) is 6.08 Å². The molecule has 2 heterocycles. The van der Waals surface area contributed by atoms with Crippen LogP contribution in [0.5, 0.6) is 5.75 Å². The van der Waals surface area contributed by atoms with Crippen LogP contribution in [0, 0.1) is 0 Å². The van der Waals surface area contributed by atoms with Gasteiger partial charge in [0, 0.05) is 44.5 Å². The maximum absolute atomic E-state index is 12.0. The number of hydrogen-bond acceptors (Lipinski definition) is 6. The highest BCUT2D eigenvalue weighted by atomic mass is 16.5. The largest absolute Gasteiger partial charge is 0.497 e. The zero-order valence-electron chi connectivity index (χ0n) is 14.9. The first kappa shape index (κ1) is 17.7. The molecule has 3 rings (SSSR count). The third kappa shape index (κ3) is 4.11. The third-order valence-electron chi connectivity index (χ3n) is 4.33. The fraction of sp³-hybridized carbons (Fsp3) is 0.316. The summed E-state index contributed by atoms with van der Waals surface area (Å²) in [5.41, 5.74) is 1.55. The number of anilines is 2. The molecule has 7 nitrogen and oxygen atoms in total. The molecule has 26 heavy (non-hydrogen) atoms. The second-order valence-corrected chi connectivity index (χ2v) is 5.93. The van der Waals surface area contributed by atoms with Gasteiger partial charge in [0.05, 0.1) is 7.11 Å². The van der Waals surface area contributed by atoms with Gasteiger partial charge in [0.2, 0.25) is 0 Å². The van der Waals surface area contributed by atoms with Gasteiger partial charge in [0.1, 0.15) is 23.6 Å². The molecule has 1 aromatic heterocycles. The molecular weight excluding hydrogens is 330 g/mol. The summed E-state index contributed by atoms with van der Waals surface area (Å²) in [7, 11) is 1.67. The van der Waals surface area contributed by atoms with Crippen LogP contribution in [0.15, 0.2) is 49.3 Å². The van der Waals surface area contributed by atoms with E-state index in [2.05, 4.69) is 43.8 Å². The lowest BCUT2D eigenvalue weighted by Crippen LogP contribution is -2.47. The van der Waals surface area contributed by atoms with E-state index >= 15 is 0 Å². The van der Waals surface area contributed by atoms with E-state index in [0.717, 1.165) is 37.7 Å². The van der Waals surface area contributed by atoms with Crippen molar-refractivity contribution in [3.8, 4) is 5.75 Å². The molecule has 0 bridgehead atoms. The molecule has 1 saturated heterocycles. The average molecular weight is 353 g/mol. The second kappa shape index (κ2) is 8.33. The van der Waals surface area contributed by atoms with Crippen LogP contribution in [0.2, 0.25) is 0 Å². The highest BCUT2D eigenvalue weighted by Gasteiger charge is 2.19. The number of ether oxygens (including phenoxy) is 1. The van der Waals surface area contributed by atoms with E-state index in [4.69, 9.17) is 4.74 Å². The molecule has 1 aliphatic rings. The summed E-state index contributed by atoms with van der Waals surface area (Å²) in [6, 6.07) is 9.82. The number of nitrogens with one attached hydrogen (secondary N) is 1. The summed E-state index contributed by atoms with van der Waals surface area (Å²) in [5, 5.41) is 2.73. The maximum Gasteiger partial charge on any atom is 0.270 e. The van der Waals surface area contributed by atoms with Crippen LogP contribution < -0.4 is 19.9 Å². The molecule has 1 aromatic carbocycles. The Morgan fingerprint density at radius 2 is 1.88 bits per heavy atom.